The van der Waals surface area contributed by atoms with Crippen LogP contribution in [0, 0.1) is 6.92 Å². The number of benzene rings is 2. The molecule has 0 atom stereocenters. The molecule has 120 valence electrons. The predicted octanol–water partition coefficient (Wildman–Crippen LogP) is 3.41. The van der Waals surface area contributed by atoms with Gasteiger partial charge in [0, 0.05) is 25.3 Å². The Balaban J connectivity index is 1.69. The maximum atomic E-state index is 12.8. The number of rotatable bonds is 4. The van der Waals surface area contributed by atoms with Crippen LogP contribution in [0.4, 0.5) is 5.69 Å². The summed E-state index contributed by atoms with van der Waals surface area (Å²) in [5.41, 5.74) is 4.95. The lowest BCUT2D eigenvalue weighted by Crippen LogP contribution is -2.42. The first-order valence-corrected chi connectivity index (χ1v) is 8.33. The number of carbonyl (C=O) groups is 1. The van der Waals surface area contributed by atoms with Crippen LogP contribution in [-0.2, 0) is 17.8 Å². The van der Waals surface area contributed by atoms with Crippen molar-refractivity contribution in [3.05, 3.63) is 65.2 Å². The van der Waals surface area contributed by atoms with Gasteiger partial charge in [0.1, 0.15) is 0 Å². The van der Waals surface area contributed by atoms with Gasteiger partial charge in [-0.1, -0.05) is 36.4 Å². The molecule has 0 unspecified atom stereocenters. The number of hydrogen-bond acceptors (Lipinski definition) is 2. The van der Waals surface area contributed by atoms with Crippen LogP contribution in [-0.4, -0.2) is 30.4 Å². The van der Waals surface area contributed by atoms with E-state index < -0.39 is 0 Å². The molecule has 3 nitrogen and oxygen atoms in total. The Kier molecular flexibility index (Phi) is 4.77. The molecule has 2 aromatic rings. The lowest BCUT2D eigenvalue weighted by molar-refractivity contribution is -0.119. The van der Waals surface area contributed by atoms with Gasteiger partial charge in [0.2, 0.25) is 5.91 Å². The Morgan fingerprint density at radius 3 is 2.65 bits per heavy atom. The fourth-order valence-electron chi connectivity index (χ4n) is 3.26. The van der Waals surface area contributed by atoms with Gasteiger partial charge in [-0.3, -0.25) is 9.69 Å². The molecule has 0 saturated heterocycles. The molecule has 0 radical (unpaired) electrons. The second-order valence-corrected chi connectivity index (χ2v) is 6.21. The van der Waals surface area contributed by atoms with Crippen LogP contribution < -0.4 is 4.90 Å². The maximum absolute atomic E-state index is 12.8. The van der Waals surface area contributed by atoms with Crippen molar-refractivity contribution in [3.63, 3.8) is 0 Å². The fourth-order valence-corrected chi connectivity index (χ4v) is 3.26. The summed E-state index contributed by atoms with van der Waals surface area (Å²) in [5, 5.41) is 0. The summed E-state index contributed by atoms with van der Waals surface area (Å²) in [7, 11) is 0. The molecular weight excluding hydrogens is 284 g/mol. The van der Waals surface area contributed by atoms with E-state index in [1.165, 1.54) is 16.7 Å². The summed E-state index contributed by atoms with van der Waals surface area (Å²) in [4.78, 5) is 16.9. The first-order chi connectivity index (χ1) is 11.2. The molecule has 0 spiro atoms. The molecule has 1 amide bonds. The van der Waals surface area contributed by atoms with Crippen molar-refractivity contribution >= 4 is 11.6 Å². The summed E-state index contributed by atoms with van der Waals surface area (Å²) >= 11 is 0. The Morgan fingerprint density at radius 1 is 1.13 bits per heavy atom. The molecule has 1 aliphatic heterocycles. The van der Waals surface area contributed by atoms with Gasteiger partial charge in [0.15, 0.2) is 0 Å². The number of fused-ring (bicyclic) bond motifs is 1. The molecule has 23 heavy (non-hydrogen) atoms. The van der Waals surface area contributed by atoms with Gasteiger partial charge in [0.05, 0.1) is 6.54 Å². The van der Waals surface area contributed by atoms with E-state index >= 15 is 0 Å². The second kappa shape index (κ2) is 6.97. The SMILES string of the molecule is CCN(C(=O)CN1CCc2ccccc2C1)c1cccc(C)c1. The van der Waals surface area contributed by atoms with Gasteiger partial charge in [-0.15, -0.1) is 0 Å². The summed E-state index contributed by atoms with van der Waals surface area (Å²) in [6.45, 7) is 7.10. The number of amides is 1. The van der Waals surface area contributed by atoms with Crippen LogP contribution in [0.3, 0.4) is 0 Å². The fraction of sp³-hybridized carbons (Fsp3) is 0.350. The molecule has 0 N–H and O–H groups in total. The number of carbonyl (C=O) groups excluding carboxylic acids is 1. The minimum absolute atomic E-state index is 0.178. The van der Waals surface area contributed by atoms with Gasteiger partial charge < -0.3 is 4.90 Å². The highest BCUT2D eigenvalue weighted by atomic mass is 16.2. The van der Waals surface area contributed by atoms with Crippen LogP contribution in [0.5, 0.6) is 0 Å². The van der Waals surface area contributed by atoms with Crippen molar-refractivity contribution < 1.29 is 4.79 Å². The van der Waals surface area contributed by atoms with Crippen molar-refractivity contribution in [2.75, 3.05) is 24.5 Å². The Hall–Kier alpha value is -2.13. The largest absolute Gasteiger partial charge is 0.312 e. The first-order valence-electron chi connectivity index (χ1n) is 8.33. The Bertz CT molecular complexity index is 696. The van der Waals surface area contributed by atoms with Crippen LogP contribution in [0.25, 0.3) is 0 Å². The average Bonchev–Trinajstić information content (AvgIpc) is 2.55. The third-order valence-electron chi connectivity index (χ3n) is 4.50. The summed E-state index contributed by atoms with van der Waals surface area (Å²) < 4.78 is 0. The van der Waals surface area contributed by atoms with Gasteiger partial charge in [-0.2, -0.15) is 0 Å². The van der Waals surface area contributed by atoms with E-state index in [1.54, 1.807) is 0 Å². The summed E-state index contributed by atoms with van der Waals surface area (Å²) in [6.07, 6.45) is 1.03. The monoisotopic (exact) mass is 308 g/mol. The van der Waals surface area contributed by atoms with Crippen molar-refractivity contribution in [1.82, 2.24) is 4.90 Å². The molecule has 0 aliphatic carbocycles. The van der Waals surface area contributed by atoms with Crippen molar-refractivity contribution in [2.24, 2.45) is 0 Å². The quantitative estimate of drug-likeness (QED) is 0.864. The molecule has 0 bridgehead atoms. The Labute approximate surface area is 138 Å². The average molecular weight is 308 g/mol. The highest BCUT2D eigenvalue weighted by molar-refractivity contribution is 5.94. The molecule has 1 heterocycles. The zero-order valence-electron chi connectivity index (χ0n) is 14.0. The minimum atomic E-state index is 0.178. The van der Waals surface area contributed by atoms with E-state index in [-0.39, 0.29) is 5.91 Å². The van der Waals surface area contributed by atoms with Gasteiger partial charge in [-0.25, -0.2) is 0 Å². The topological polar surface area (TPSA) is 23.6 Å². The number of nitrogens with zero attached hydrogens (tertiary/aromatic N) is 2. The molecule has 0 saturated carbocycles. The molecule has 2 aromatic carbocycles. The van der Waals surface area contributed by atoms with Crippen molar-refractivity contribution in [1.29, 1.82) is 0 Å². The molecule has 0 aromatic heterocycles. The molecule has 0 fully saturated rings. The standard InChI is InChI=1S/C20H24N2O/c1-3-22(19-10-6-7-16(2)13-19)20(23)15-21-12-11-17-8-4-5-9-18(17)14-21/h4-10,13H,3,11-12,14-15H2,1-2H3. The normalized spacial score (nSPS) is 14.3. The lowest BCUT2D eigenvalue weighted by Gasteiger charge is -2.30. The van der Waals surface area contributed by atoms with E-state index in [9.17, 15) is 4.79 Å². The minimum Gasteiger partial charge on any atom is -0.312 e. The van der Waals surface area contributed by atoms with Crippen LogP contribution in [0.2, 0.25) is 0 Å². The summed E-state index contributed by atoms with van der Waals surface area (Å²) in [5.74, 6) is 0.178. The number of anilines is 1. The van der Waals surface area contributed by atoms with Crippen LogP contribution in [0.15, 0.2) is 48.5 Å². The zero-order valence-corrected chi connectivity index (χ0v) is 14.0. The Morgan fingerprint density at radius 2 is 1.91 bits per heavy atom. The highest BCUT2D eigenvalue weighted by Gasteiger charge is 2.21. The van der Waals surface area contributed by atoms with E-state index in [1.807, 2.05) is 24.0 Å². The van der Waals surface area contributed by atoms with Crippen molar-refractivity contribution in [2.45, 2.75) is 26.8 Å². The molecular formula is C20H24N2O. The van der Waals surface area contributed by atoms with Gasteiger partial charge in [-0.05, 0) is 49.1 Å². The lowest BCUT2D eigenvalue weighted by atomic mass is 10.00. The highest BCUT2D eigenvalue weighted by Crippen LogP contribution is 2.20. The third kappa shape index (κ3) is 3.62. The molecule has 1 aliphatic rings. The zero-order chi connectivity index (χ0) is 16.2. The van der Waals surface area contributed by atoms with Gasteiger partial charge >= 0.3 is 0 Å². The molecule has 3 rings (SSSR count). The first kappa shape index (κ1) is 15.8. The van der Waals surface area contributed by atoms with E-state index in [0.29, 0.717) is 13.1 Å². The van der Waals surface area contributed by atoms with E-state index in [4.69, 9.17) is 0 Å². The molecule has 3 heteroatoms. The van der Waals surface area contributed by atoms with E-state index in [0.717, 1.165) is 25.2 Å². The van der Waals surface area contributed by atoms with Crippen LogP contribution in [0.1, 0.15) is 23.6 Å². The smallest absolute Gasteiger partial charge is 0.241 e. The second-order valence-electron chi connectivity index (χ2n) is 6.21. The summed E-state index contributed by atoms with van der Waals surface area (Å²) in [6, 6.07) is 16.7. The maximum Gasteiger partial charge on any atom is 0.241 e. The number of aryl methyl sites for hydroxylation is 1. The van der Waals surface area contributed by atoms with Crippen LogP contribution >= 0.6 is 0 Å². The number of hydrogen-bond donors (Lipinski definition) is 0. The van der Waals surface area contributed by atoms with Gasteiger partial charge in [0.25, 0.3) is 0 Å². The van der Waals surface area contributed by atoms with Crippen molar-refractivity contribution in [3.8, 4) is 0 Å². The number of likely N-dealkylation sites (N-methyl/N-ethyl adjacent to an activating group) is 1. The third-order valence-corrected chi connectivity index (χ3v) is 4.50. The predicted molar refractivity (Wildman–Crippen MR) is 94.6 cm³/mol. The van der Waals surface area contributed by atoms with E-state index in [2.05, 4.69) is 48.2 Å².